The van der Waals surface area contributed by atoms with Gasteiger partial charge in [-0.15, -0.1) is 0 Å². The SMILES string of the molecule is COc1ccc(C(CN)CCO)c(OC)c1. The van der Waals surface area contributed by atoms with E-state index in [9.17, 15) is 0 Å². The first-order valence-electron chi connectivity index (χ1n) is 5.29. The van der Waals surface area contributed by atoms with Crippen LogP contribution in [0.1, 0.15) is 17.9 Å². The Hall–Kier alpha value is -1.26. The summed E-state index contributed by atoms with van der Waals surface area (Å²) in [5.74, 6) is 1.62. The second kappa shape index (κ2) is 6.35. The largest absolute Gasteiger partial charge is 0.497 e. The summed E-state index contributed by atoms with van der Waals surface area (Å²) in [5, 5.41) is 8.97. The van der Waals surface area contributed by atoms with Crippen LogP contribution in [0.2, 0.25) is 0 Å². The Labute approximate surface area is 96.0 Å². The van der Waals surface area contributed by atoms with E-state index in [-0.39, 0.29) is 12.5 Å². The normalized spacial score (nSPS) is 12.2. The van der Waals surface area contributed by atoms with Gasteiger partial charge in [0.05, 0.1) is 14.2 Å². The van der Waals surface area contributed by atoms with Crippen LogP contribution in [0.4, 0.5) is 0 Å². The third-order valence-corrected chi connectivity index (χ3v) is 2.64. The fourth-order valence-corrected chi connectivity index (χ4v) is 1.71. The summed E-state index contributed by atoms with van der Waals surface area (Å²) in [6.07, 6.45) is 0.638. The van der Waals surface area contributed by atoms with Gasteiger partial charge in [-0.3, -0.25) is 0 Å². The molecule has 16 heavy (non-hydrogen) atoms. The lowest BCUT2D eigenvalue weighted by molar-refractivity contribution is 0.275. The van der Waals surface area contributed by atoms with E-state index in [4.69, 9.17) is 20.3 Å². The zero-order valence-electron chi connectivity index (χ0n) is 9.77. The second-order valence-corrected chi connectivity index (χ2v) is 3.55. The highest BCUT2D eigenvalue weighted by atomic mass is 16.5. The van der Waals surface area contributed by atoms with Crippen LogP contribution in [0.15, 0.2) is 18.2 Å². The van der Waals surface area contributed by atoms with Crippen molar-refractivity contribution in [2.24, 2.45) is 5.73 Å². The minimum absolute atomic E-state index is 0.117. The van der Waals surface area contributed by atoms with Crippen LogP contribution in [0.25, 0.3) is 0 Å². The van der Waals surface area contributed by atoms with E-state index < -0.39 is 0 Å². The van der Waals surface area contributed by atoms with E-state index in [1.807, 2.05) is 18.2 Å². The van der Waals surface area contributed by atoms with Crippen LogP contribution >= 0.6 is 0 Å². The molecule has 4 heteroatoms. The zero-order valence-corrected chi connectivity index (χ0v) is 9.77. The van der Waals surface area contributed by atoms with Crippen molar-refractivity contribution in [3.63, 3.8) is 0 Å². The summed E-state index contributed by atoms with van der Waals surface area (Å²) in [7, 11) is 3.23. The number of methoxy groups -OCH3 is 2. The van der Waals surface area contributed by atoms with Gasteiger partial charge in [-0.1, -0.05) is 6.07 Å². The highest BCUT2D eigenvalue weighted by Crippen LogP contribution is 2.31. The lowest BCUT2D eigenvalue weighted by atomic mass is 9.95. The minimum Gasteiger partial charge on any atom is -0.497 e. The number of nitrogens with two attached hydrogens (primary N) is 1. The molecule has 1 rings (SSSR count). The van der Waals surface area contributed by atoms with Gasteiger partial charge in [0.25, 0.3) is 0 Å². The molecule has 0 fully saturated rings. The first-order chi connectivity index (χ1) is 7.76. The van der Waals surface area contributed by atoms with Crippen molar-refractivity contribution in [2.45, 2.75) is 12.3 Å². The van der Waals surface area contributed by atoms with Crippen molar-refractivity contribution >= 4 is 0 Å². The van der Waals surface area contributed by atoms with E-state index in [1.54, 1.807) is 14.2 Å². The third-order valence-electron chi connectivity index (χ3n) is 2.64. The topological polar surface area (TPSA) is 64.7 Å². The fraction of sp³-hybridized carbons (Fsp3) is 0.500. The maximum atomic E-state index is 8.97. The molecule has 3 N–H and O–H groups in total. The maximum absolute atomic E-state index is 8.97. The summed E-state index contributed by atoms with van der Waals surface area (Å²) in [6, 6.07) is 5.64. The number of aliphatic hydroxyl groups is 1. The van der Waals surface area contributed by atoms with Crippen LogP contribution in [-0.4, -0.2) is 32.5 Å². The highest BCUT2D eigenvalue weighted by molar-refractivity contribution is 5.42. The molecule has 0 radical (unpaired) electrons. The quantitative estimate of drug-likeness (QED) is 0.761. The van der Waals surface area contributed by atoms with Gasteiger partial charge in [0, 0.05) is 18.6 Å². The van der Waals surface area contributed by atoms with Crippen LogP contribution in [0, 0.1) is 0 Å². The molecule has 0 saturated heterocycles. The summed E-state index contributed by atoms with van der Waals surface area (Å²) in [4.78, 5) is 0. The van der Waals surface area contributed by atoms with Gasteiger partial charge in [-0.25, -0.2) is 0 Å². The van der Waals surface area contributed by atoms with Gasteiger partial charge in [0.1, 0.15) is 11.5 Å². The Morgan fingerprint density at radius 2 is 2.06 bits per heavy atom. The van der Waals surface area contributed by atoms with Crippen molar-refractivity contribution in [3.05, 3.63) is 23.8 Å². The van der Waals surface area contributed by atoms with Gasteiger partial charge in [-0.2, -0.15) is 0 Å². The zero-order chi connectivity index (χ0) is 12.0. The molecule has 0 spiro atoms. The second-order valence-electron chi connectivity index (χ2n) is 3.55. The van der Waals surface area contributed by atoms with E-state index >= 15 is 0 Å². The maximum Gasteiger partial charge on any atom is 0.126 e. The number of benzene rings is 1. The minimum atomic E-state index is 0.117. The van der Waals surface area contributed by atoms with Crippen LogP contribution < -0.4 is 15.2 Å². The number of rotatable bonds is 6. The molecule has 0 aliphatic carbocycles. The first-order valence-corrected chi connectivity index (χ1v) is 5.29. The number of ether oxygens (including phenoxy) is 2. The third kappa shape index (κ3) is 2.87. The van der Waals surface area contributed by atoms with E-state index in [0.717, 1.165) is 17.1 Å². The lowest BCUT2D eigenvalue weighted by Crippen LogP contribution is -2.14. The average Bonchev–Trinajstić information content (AvgIpc) is 2.35. The standard InChI is InChI=1S/C12H19NO3/c1-15-10-3-4-11(12(7-10)16-2)9(8-13)5-6-14/h3-4,7,9,14H,5-6,8,13H2,1-2H3. The Bertz CT molecular complexity index is 328. The van der Waals surface area contributed by atoms with Crippen molar-refractivity contribution < 1.29 is 14.6 Å². The molecule has 0 aromatic heterocycles. The number of aliphatic hydroxyl groups excluding tert-OH is 1. The van der Waals surface area contributed by atoms with Crippen molar-refractivity contribution in [2.75, 3.05) is 27.4 Å². The molecular formula is C12H19NO3. The molecule has 1 aromatic carbocycles. The van der Waals surface area contributed by atoms with Crippen LogP contribution in [0.3, 0.4) is 0 Å². The van der Waals surface area contributed by atoms with Crippen molar-refractivity contribution in [1.29, 1.82) is 0 Å². The molecule has 0 aliphatic heterocycles. The number of hydrogen-bond donors (Lipinski definition) is 2. The highest BCUT2D eigenvalue weighted by Gasteiger charge is 2.14. The molecule has 0 aliphatic rings. The Morgan fingerprint density at radius 3 is 2.56 bits per heavy atom. The molecule has 90 valence electrons. The molecule has 0 amide bonds. The monoisotopic (exact) mass is 225 g/mol. The summed E-state index contributed by atoms with van der Waals surface area (Å²) < 4.78 is 10.4. The summed E-state index contributed by atoms with van der Waals surface area (Å²) >= 11 is 0. The van der Waals surface area contributed by atoms with Crippen molar-refractivity contribution in [1.82, 2.24) is 0 Å². The molecular weight excluding hydrogens is 206 g/mol. The van der Waals surface area contributed by atoms with E-state index in [0.29, 0.717) is 13.0 Å². The molecule has 0 bridgehead atoms. The molecule has 1 atom stereocenters. The Balaban J connectivity index is 3.01. The molecule has 0 heterocycles. The fourth-order valence-electron chi connectivity index (χ4n) is 1.71. The summed E-state index contributed by atoms with van der Waals surface area (Å²) in [6.45, 7) is 0.611. The average molecular weight is 225 g/mol. The van der Waals surface area contributed by atoms with Gasteiger partial charge in [-0.05, 0) is 24.6 Å². The smallest absolute Gasteiger partial charge is 0.126 e. The van der Waals surface area contributed by atoms with Gasteiger partial charge in [0.2, 0.25) is 0 Å². The lowest BCUT2D eigenvalue weighted by Gasteiger charge is -2.17. The molecule has 0 saturated carbocycles. The van der Waals surface area contributed by atoms with Crippen LogP contribution in [0.5, 0.6) is 11.5 Å². The van der Waals surface area contributed by atoms with Crippen LogP contribution in [-0.2, 0) is 0 Å². The van der Waals surface area contributed by atoms with Crippen molar-refractivity contribution in [3.8, 4) is 11.5 Å². The van der Waals surface area contributed by atoms with E-state index in [1.165, 1.54) is 0 Å². The molecule has 1 unspecified atom stereocenters. The Morgan fingerprint density at radius 1 is 1.31 bits per heavy atom. The molecule has 4 nitrogen and oxygen atoms in total. The summed E-state index contributed by atoms with van der Waals surface area (Å²) in [5.41, 5.74) is 6.70. The Kier molecular flexibility index (Phi) is 5.08. The predicted molar refractivity (Wildman–Crippen MR) is 63.0 cm³/mol. The van der Waals surface area contributed by atoms with Gasteiger partial charge in [0.15, 0.2) is 0 Å². The van der Waals surface area contributed by atoms with Gasteiger partial charge < -0.3 is 20.3 Å². The predicted octanol–water partition coefficient (Wildman–Crippen LogP) is 1.13. The van der Waals surface area contributed by atoms with E-state index in [2.05, 4.69) is 0 Å². The molecule has 1 aromatic rings. The first kappa shape index (κ1) is 12.8. The van der Waals surface area contributed by atoms with Gasteiger partial charge >= 0.3 is 0 Å². The number of hydrogen-bond acceptors (Lipinski definition) is 4.